The molecule has 1 unspecified atom stereocenters. The second-order valence-corrected chi connectivity index (χ2v) is 2.75. The van der Waals surface area contributed by atoms with Crippen LogP contribution in [-0.4, -0.2) is 19.0 Å². The average molecular weight is 108 g/mol. The Kier molecular flexibility index (Phi) is 5.68. The molecule has 38 valence electrons. The van der Waals surface area contributed by atoms with E-state index in [1.54, 1.807) is 0 Å². The van der Waals surface area contributed by atoms with E-state index < -0.39 is 0 Å². The highest BCUT2D eigenvalue weighted by Gasteiger charge is 1.77. The summed E-state index contributed by atoms with van der Waals surface area (Å²) in [5, 5.41) is 0. The molecule has 6 heavy (non-hydrogen) atoms. The van der Waals surface area contributed by atoms with Gasteiger partial charge >= 0.3 is 0 Å². The number of hydrogen-bond acceptors (Lipinski definition) is 0. The van der Waals surface area contributed by atoms with Crippen molar-refractivity contribution >= 4 is 8.58 Å². The van der Waals surface area contributed by atoms with Gasteiger partial charge in [-0.15, -0.1) is 8.58 Å². The van der Waals surface area contributed by atoms with Gasteiger partial charge in [0.05, 0.1) is 6.67 Å². The summed E-state index contributed by atoms with van der Waals surface area (Å²) in [4.78, 5) is 0. The topological polar surface area (TPSA) is 0 Å². The molecule has 0 heterocycles. The lowest BCUT2D eigenvalue weighted by Gasteiger charge is -1.85. The van der Waals surface area contributed by atoms with Crippen LogP contribution in [0.25, 0.3) is 0 Å². The fourth-order valence-corrected chi connectivity index (χ4v) is 0.731. The molecule has 0 aliphatic carbocycles. The summed E-state index contributed by atoms with van der Waals surface area (Å²) < 4.78 is 11.2. The first kappa shape index (κ1) is 6.36. The number of halogens is 1. The van der Waals surface area contributed by atoms with E-state index in [-0.39, 0.29) is 6.67 Å². The van der Waals surface area contributed by atoms with Crippen molar-refractivity contribution in [2.45, 2.75) is 6.92 Å². The van der Waals surface area contributed by atoms with Gasteiger partial charge in [0.15, 0.2) is 0 Å². The fourth-order valence-electron chi connectivity index (χ4n) is 0.244. The largest absolute Gasteiger partial charge is 0.251 e. The second-order valence-electron chi connectivity index (χ2n) is 1.04. The Balaban J connectivity index is 2.34. The van der Waals surface area contributed by atoms with Crippen LogP contribution in [0.15, 0.2) is 0 Å². The van der Waals surface area contributed by atoms with Gasteiger partial charge in [0, 0.05) is 0 Å². The predicted octanol–water partition coefficient (Wildman–Crippen LogP) is 1.65. The lowest BCUT2D eigenvalue weighted by Crippen LogP contribution is -1.75. The van der Waals surface area contributed by atoms with Gasteiger partial charge in [-0.2, -0.15) is 0 Å². The number of alkyl halides is 1. The molecule has 0 amide bonds. The minimum absolute atomic E-state index is 0.133. The highest BCUT2D eigenvalue weighted by Crippen LogP contribution is 2.05. The van der Waals surface area contributed by atoms with Crippen LogP contribution in [0, 0.1) is 0 Å². The molecule has 0 aromatic carbocycles. The van der Waals surface area contributed by atoms with Crippen LogP contribution in [-0.2, 0) is 0 Å². The summed E-state index contributed by atoms with van der Waals surface area (Å²) in [5.41, 5.74) is 0. The van der Waals surface area contributed by atoms with Crippen LogP contribution >= 0.6 is 8.58 Å². The molecule has 0 fully saturated rings. The fraction of sp³-hybridized carbons (Fsp3) is 1.00. The first-order chi connectivity index (χ1) is 2.91. The molecule has 0 saturated carbocycles. The summed E-state index contributed by atoms with van der Waals surface area (Å²) in [6.45, 7) is 1.94. The molecule has 0 aromatic heterocycles. The third-order valence-electron chi connectivity index (χ3n) is 0.521. The monoisotopic (exact) mass is 108 g/mol. The van der Waals surface area contributed by atoms with E-state index in [2.05, 4.69) is 6.92 Å². The van der Waals surface area contributed by atoms with Crippen LogP contribution in [0.4, 0.5) is 4.39 Å². The van der Waals surface area contributed by atoms with Crippen LogP contribution in [0.3, 0.4) is 0 Å². The van der Waals surface area contributed by atoms with Gasteiger partial charge in [0.25, 0.3) is 0 Å². The van der Waals surface area contributed by atoms with Crippen molar-refractivity contribution in [2.24, 2.45) is 0 Å². The predicted molar refractivity (Wildman–Crippen MR) is 29.7 cm³/mol. The Morgan fingerprint density at radius 1 is 1.67 bits per heavy atom. The van der Waals surface area contributed by atoms with E-state index in [0.29, 0.717) is 0 Å². The van der Waals surface area contributed by atoms with E-state index in [1.807, 2.05) is 0 Å². The van der Waals surface area contributed by atoms with Crippen molar-refractivity contribution in [1.82, 2.24) is 0 Å². The van der Waals surface area contributed by atoms with Crippen molar-refractivity contribution in [1.29, 1.82) is 0 Å². The van der Waals surface area contributed by atoms with Crippen molar-refractivity contribution in [2.75, 3.05) is 19.0 Å². The third-order valence-corrected chi connectivity index (χ3v) is 1.56. The molecule has 0 N–H and O–H groups in total. The SMILES string of the molecule is CCPCCF. The molecule has 0 aromatic rings. The van der Waals surface area contributed by atoms with E-state index in [9.17, 15) is 4.39 Å². The lowest BCUT2D eigenvalue weighted by atomic mass is 10.9. The summed E-state index contributed by atoms with van der Waals surface area (Å²) in [6.07, 6.45) is 1.92. The molecule has 2 heteroatoms. The lowest BCUT2D eigenvalue weighted by molar-refractivity contribution is 0.532. The Labute approximate surface area is 39.9 Å². The van der Waals surface area contributed by atoms with Crippen molar-refractivity contribution in [3.8, 4) is 0 Å². The van der Waals surface area contributed by atoms with Crippen molar-refractivity contribution in [3.63, 3.8) is 0 Å². The maximum absolute atomic E-state index is 11.2. The maximum Gasteiger partial charge on any atom is 0.0931 e. The van der Waals surface area contributed by atoms with Crippen LogP contribution in [0.2, 0.25) is 0 Å². The minimum atomic E-state index is -0.133. The van der Waals surface area contributed by atoms with Gasteiger partial charge in [0.2, 0.25) is 0 Å². The normalized spacial score (nSPS) is 11.0. The molecular weight excluding hydrogens is 98.0 g/mol. The standard InChI is InChI=1S/C4H10FP/c1-2-6-4-3-5/h6H,2-4H2,1H3. The van der Waals surface area contributed by atoms with E-state index >= 15 is 0 Å². The molecule has 0 radical (unpaired) electrons. The first-order valence-electron chi connectivity index (χ1n) is 2.18. The Morgan fingerprint density at radius 3 is 2.50 bits per heavy atom. The maximum atomic E-state index is 11.2. The van der Waals surface area contributed by atoms with Gasteiger partial charge in [-0.25, -0.2) is 0 Å². The molecule has 0 saturated heterocycles. The van der Waals surface area contributed by atoms with Gasteiger partial charge in [0.1, 0.15) is 0 Å². The number of hydrogen-bond donors (Lipinski definition) is 0. The highest BCUT2D eigenvalue weighted by molar-refractivity contribution is 7.37. The van der Waals surface area contributed by atoms with Crippen LogP contribution in [0.1, 0.15) is 6.92 Å². The van der Waals surface area contributed by atoms with Gasteiger partial charge in [-0.3, -0.25) is 4.39 Å². The quantitative estimate of drug-likeness (QED) is 0.381. The molecule has 0 aliphatic heterocycles. The van der Waals surface area contributed by atoms with Gasteiger partial charge < -0.3 is 0 Å². The summed E-state index contributed by atoms with van der Waals surface area (Å²) in [7, 11) is 0.840. The zero-order valence-corrected chi connectivity index (χ0v) is 5.00. The zero-order chi connectivity index (χ0) is 4.83. The van der Waals surface area contributed by atoms with Gasteiger partial charge in [-0.05, 0) is 12.3 Å². The first-order valence-corrected chi connectivity index (χ1v) is 3.60. The summed E-state index contributed by atoms with van der Waals surface area (Å²) >= 11 is 0. The summed E-state index contributed by atoms with van der Waals surface area (Å²) in [6, 6.07) is 0. The second kappa shape index (κ2) is 5.36. The van der Waals surface area contributed by atoms with E-state index in [4.69, 9.17) is 0 Å². The minimum Gasteiger partial charge on any atom is -0.251 e. The van der Waals surface area contributed by atoms with Crippen LogP contribution in [0.5, 0.6) is 0 Å². The summed E-state index contributed by atoms with van der Waals surface area (Å²) in [5.74, 6) is 0. The average Bonchev–Trinajstić information content (AvgIpc) is 1.61. The van der Waals surface area contributed by atoms with E-state index in [0.717, 1.165) is 20.9 Å². The van der Waals surface area contributed by atoms with Crippen LogP contribution < -0.4 is 0 Å². The Hall–Kier alpha value is 0.360. The Bertz CT molecular complexity index is 19.5. The molecule has 0 bridgehead atoms. The van der Waals surface area contributed by atoms with E-state index in [1.165, 1.54) is 0 Å². The third kappa shape index (κ3) is 4.36. The highest BCUT2D eigenvalue weighted by atomic mass is 31.1. The smallest absolute Gasteiger partial charge is 0.0931 e. The van der Waals surface area contributed by atoms with Crippen molar-refractivity contribution in [3.05, 3.63) is 0 Å². The molecule has 0 rings (SSSR count). The molecular formula is C4H10FP. The molecule has 1 atom stereocenters. The zero-order valence-electron chi connectivity index (χ0n) is 4.00. The van der Waals surface area contributed by atoms with Crippen molar-refractivity contribution < 1.29 is 4.39 Å². The van der Waals surface area contributed by atoms with Gasteiger partial charge in [-0.1, -0.05) is 6.92 Å². The number of rotatable bonds is 3. The molecule has 0 nitrogen and oxygen atoms in total. The molecule has 0 spiro atoms. The molecule has 0 aliphatic rings. The Morgan fingerprint density at radius 2 is 2.33 bits per heavy atom.